The number of nitrogens with one attached hydrogen (secondary N) is 1. The lowest BCUT2D eigenvalue weighted by Gasteiger charge is -2.29. The van der Waals surface area contributed by atoms with Crippen molar-refractivity contribution < 1.29 is 27.1 Å². The van der Waals surface area contributed by atoms with Crippen molar-refractivity contribution in [2.24, 2.45) is 5.73 Å². The molecular weight excluding hydrogens is 499 g/mol. The summed E-state index contributed by atoms with van der Waals surface area (Å²) in [4.78, 5) is 27.9. The van der Waals surface area contributed by atoms with Crippen LogP contribution in [-0.2, 0) is 27.9 Å². The summed E-state index contributed by atoms with van der Waals surface area (Å²) in [5.74, 6) is -1.34. The van der Waals surface area contributed by atoms with Gasteiger partial charge in [-0.3, -0.25) is 9.59 Å². The predicted octanol–water partition coefficient (Wildman–Crippen LogP) is 2.08. The van der Waals surface area contributed by atoms with Crippen molar-refractivity contribution in [3.05, 3.63) is 95.3 Å². The molecule has 0 spiro atoms. The Kier molecular flexibility index (Phi) is 7.86. The summed E-state index contributed by atoms with van der Waals surface area (Å²) in [7, 11) is -2.77. The van der Waals surface area contributed by atoms with Crippen LogP contribution in [0.25, 0.3) is 0 Å². The Morgan fingerprint density at radius 3 is 2.43 bits per heavy atom. The van der Waals surface area contributed by atoms with E-state index in [9.17, 15) is 22.4 Å². The molecule has 11 heteroatoms. The lowest BCUT2D eigenvalue weighted by molar-refractivity contribution is -0.127. The second kappa shape index (κ2) is 11.1. The Hall–Kier alpha value is -3.80. The van der Waals surface area contributed by atoms with E-state index in [1.807, 2.05) is 18.2 Å². The number of carbonyl (C=O) groups excluding carboxylic acids is 2. The minimum atomic E-state index is -4.23. The number of methoxy groups -OCH3 is 1. The van der Waals surface area contributed by atoms with Gasteiger partial charge in [0.25, 0.3) is 11.8 Å². The van der Waals surface area contributed by atoms with E-state index in [1.165, 1.54) is 18.1 Å². The maximum absolute atomic E-state index is 13.5. The van der Waals surface area contributed by atoms with Crippen LogP contribution in [0, 0.1) is 5.82 Å². The fourth-order valence-electron chi connectivity index (χ4n) is 4.15. The molecule has 1 unspecified atom stereocenters. The van der Waals surface area contributed by atoms with Crippen LogP contribution in [0.15, 0.2) is 77.7 Å². The largest absolute Gasteiger partial charge is 0.497 e. The van der Waals surface area contributed by atoms with Crippen LogP contribution in [0.2, 0.25) is 0 Å². The summed E-state index contributed by atoms with van der Waals surface area (Å²) in [5.41, 5.74) is 7.59. The monoisotopic (exact) mass is 526 g/mol. The van der Waals surface area contributed by atoms with Crippen molar-refractivity contribution in [2.75, 3.05) is 20.2 Å². The molecule has 4 rings (SSSR count). The third-order valence-corrected chi connectivity index (χ3v) is 7.92. The molecule has 0 aliphatic carbocycles. The number of nitrogens with two attached hydrogens (primary N) is 1. The summed E-state index contributed by atoms with van der Waals surface area (Å²) in [6.07, 6.45) is -1.45. The second-order valence-corrected chi connectivity index (χ2v) is 10.3. The van der Waals surface area contributed by atoms with Crippen LogP contribution in [0.5, 0.6) is 5.75 Å². The van der Waals surface area contributed by atoms with Crippen molar-refractivity contribution in [2.45, 2.75) is 24.2 Å². The lowest BCUT2D eigenvalue weighted by Crippen LogP contribution is -2.53. The molecule has 0 saturated carbocycles. The number of hydrogen-bond acceptors (Lipinski definition) is 6. The van der Waals surface area contributed by atoms with Crippen molar-refractivity contribution in [3.63, 3.8) is 0 Å². The second-order valence-electron chi connectivity index (χ2n) is 8.42. The van der Waals surface area contributed by atoms with Crippen LogP contribution >= 0.6 is 0 Å². The summed E-state index contributed by atoms with van der Waals surface area (Å²) in [6.45, 7) is 0.305. The van der Waals surface area contributed by atoms with Crippen molar-refractivity contribution in [1.82, 2.24) is 14.5 Å². The molecule has 3 aromatic carbocycles. The van der Waals surface area contributed by atoms with Crippen LogP contribution in [0.4, 0.5) is 4.39 Å². The third-order valence-electron chi connectivity index (χ3n) is 6.06. The van der Waals surface area contributed by atoms with Crippen molar-refractivity contribution in [3.8, 4) is 5.75 Å². The zero-order valence-electron chi connectivity index (χ0n) is 20.1. The Balaban J connectivity index is 1.66. The highest BCUT2D eigenvalue weighted by Crippen LogP contribution is 2.27. The van der Waals surface area contributed by atoms with E-state index in [0.29, 0.717) is 12.3 Å². The zero-order chi connectivity index (χ0) is 26.6. The fourth-order valence-corrected chi connectivity index (χ4v) is 5.70. The van der Waals surface area contributed by atoms with Gasteiger partial charge in [-0.15, -0.1) is 0 Å². The normalized spacial score (nSPS) is 16.0. The van der Waals surface area contributed by atoms with Crippen molar-refractivity contribution >= 4 is 21.8 Å². The molecule has 194 valence electrons. The minimum absolute atomic E-state index is 0.0167. The van der Waals surface area contributed by atoms with Crippen LogP contribution < -0.4 is 15.8 Å². The maximum atomic E-state index is 13.5. The molecule has 2 amide bonds. The SMILES string of the molecule is COc1cccc(C(=O)N2CCN(S(=O)(=O)c3ccc(F)cc3)C2C(=O)NCc2cccc(CN)c2)c1. The molecule has 0 aromatic heterocycles. The van der Waals surface area contributed by atoms with Crippen LogP contribution in [-0.4, -0.2) is 55.8 Å². The molecule has 9 nitrogen and oxygen atoms in total. The van der Waals surface area contributed by atoms with E-state index in [4.69, 9.17) is 10.5 Å². The van der Waals surface area contributed by atoms with Gasteiger partial charge in [0, 0.05) is 31.7 Å². The van der Waals surface area contributed by atoms with Gasteiger partial charge in [-0.2, -0.15) is 4.31 Å². The van der Waals surface area contributed by atoms with Crippen molar-refractivity contribution in [1.29, 1.82) is 0 Å². The number of benzene rings is 3. The highest BCUT2D eigenvalue weighted by atomic mass is 32.2. The molecule has 1 fully saturated rings. The minimum Gasteiger partial charge on any atom is -0.497 e. The third kappa shape index (κ3) is 5.63. The smallest absolute Gasteiger partial charge is 0.259 e. The first kappa shape index (κ1) is 26.3. The lowest BCUT2D eigenvalue weighted by atomic mass is 10.1. The Bertz CT molecular complexity index is 1400. The highest BCUT2D eigenvalue weighted by Gasteiger charge is 2.46. The molecule has 1 aliphatic heterocycles. The molecule has 0 bridgehead atoms. The number of rotatable bonds is 8. The fraction of sp³-hybridized carbons (Fsp3) is 0.231. The number of sulfonamides is 1. The van der Waals surface area contributed by atoms with E-state index >= 15 is 0 Å². The van der Waals surface area contributed by atoms with Crippen LogP contribution in [0.1, 0.15) is 21.5 Å². The van der Waals surface area contributed by atoms with Gasteiger partial charge in [0.15, 0.2) is 6.17 Å². The molecule has 1 saturated heterocycles. The number of carbonyl (C=O) groups is 2. The molecule has 1 heterocycles. The molecule has 3 aromatic rings. The van der Waals surface area contributed by atoms with Gasteiger partial charge in [0.2, 0.25) is 10.0 Å². The zero-order valence-corrected chi connectivity index (χ0v) is 20.9. The Morgan fingerprint density at radius 1 is 1.03 bits per heavy atom. The number of hydrogen-bond donors (Lipinski definition) is 2. The highest BCUT2D eigenvalue weighted by molar-refractivity contribution is 7.89. The van der Waals surface area contributed by atoms with Gasteiger partial charge in [-0.25, -0.2) is 12.8 Å². The first-order valence-corrected chi connectivity index (χ1v) is 13.0. The van der Waals surface area contributed by atoms with Gasteiger partial charge in [-0.1, -0.05) is 30.3 Å². The Labute approximate surface area is 214 Å². The van der Waals surface area contributed by atoms with Gasteiger partial charge in [0.05, 0.1) is 12.0 Å². The van der Waals surface area contributed by atoms with E-state index < -0.39 is 33.8 Å². The Morgan fingerprint density at radius 2 is 1.73 bits per heavy atom. The predicted molar refractivity (Wildman–Crippen MR) is 134 cm³/mol. The molecule has 3 N–H and O–H groups in total. The standard InChI is InChI=1S/C26H27FN4O5S/c1-36-22-7-3-6-20(15-22)26(33)30-12-13-31(37(34,35)23-10-8-21(27)9-11-23)25(30)24(32)29-17-19-5-2-4-18(14-19)16-28/h2-11,14-15,25H,12-13,16-17,28H2,1H3,(H,29,32). The summed E-state index contributed by atoms with van der Waals surface area (Å²) >= 11 is 0. The number of nitrogens with zero attached hydrogens (tertiary/aromatic N) is 2. The number of halogens is 1. The first-order chi connectivity index (χ1) is 17.7. The first-order valence-electron chi connectivity index (χ1n) is 11.5. The number of ether oxygens (including phenoxy) is 1. The number of amides is 2. The van der Waals surface area contributed by atoms with E-state index in [1.54, 1.807) is 24.3 Å². The summed E-state index contributed by atoms with van der Waals surface area (Å²) in [6, 6.07) is 18.0. The van der Waals surface area contributed by atoms with Gasteiger partial charge >= 0.3 is 0 Å². The summed E-state index contributed by atoms with van der Waals surface area (Å²) in [5, 5.41) is 2.75. The molecule has 0 radical (unpaired) electrons. The topological polar surface area (TPSA) is 122 Å². The average molecular weight is 527 g/mol. The van der Waals surface area contributed by atoms with Gasteiger partial charge < -0.3 is 20.7 Å². The van der Waals surface area contributed by atoms with Gasteiger partial charge in [0.1, 0.15) is 11.6 Å². The molecule has 37 heavy (non-hydrogen) atoms. The molecule has 1 aliphatic rings. The van der Waals surface area contributed by atoms with Crippen LogP contribution in [0.3, 0.4) is 0 Å². The molecule has 1 atom stereocenters. The van der Waals surface area contributed by atoms with E-state index in [2.05, 4.69) is 5.32 Å². The quantitative estimate of drug-likeness (QED) is 0.464. The average Bonchev–Trinajstić information content (AvgIpc) is 3.38. The molecular formula is C26H27FN4O5S. The summed E-state index contributed by atoms with van der Waals surface area (Å²) < 4.78 is 46.6. The van der Waals surface area contributed by atoms with Gasteiger partial charge in [-0.05, 0) is 53.6 Å². The maximum Gasteiger partial charge on any atom is 0.259 e. The van der Waals surface area contributed by atoms with E-state index in [0.717, 1.165) is 39.7 Å². The van der Waals surface area contributed by atoms with E-state index in [-0.39, 0.29) is 30.1 Å².